The van der Waals surface area contributed by atoms with Crippen molar-refractivity contribution in [1.82, 2.24) is 4.90 Å². The number of aliphatic imine (C=N–C) groups is 1. The zero-order chi connectivity index (χ0) is 20.6. The molecule has 3 rings (SSSR count). The molecule has 0 bridgehead atoms. The van der Waals surface area contributed by atoms with Gasteiger partial charge in [0.05, 0.1) is 17.5 Å². The minimum atomic E-state index is -0.186. The molecule has 0 radical (unpaired) electrons. The Morgan fingerprint density at radius 3 is 2.34 bits per heavy atom. The van der Waals surface area contributed by atoms with Gasteiger partial charge in [0, 0.05) is 6.54 Å². The zero-order valence-corrected chi connectivity index (χ0v) is 17.4. The van der Waals surface area contributed by atoms with E-state index in [-0.39, 0.29) is 17.8 Å². The molecule has 1 aliphatic rings. The van der Waals surface area contributed by atoms with Gasteiger partial charge in [-0.15, -0.1) is 6.42 Å². The predicted octanol–water partition coefficient (Wildman–Crippen LogP) is 4.29. The van der Waals surface area contributed by atoms with E-state index < -0.39 is 0 Å². The van der Waals surface area contributed by atoms with E-state index in [1.165, 1.54) is 11.8 Å². The van der Waals surface area contributed by atoms with Crippen molar-refractivity contribution in [2.45, 2.75) is 25.5 Å². The molecule has 1 fully saturated rings. The van der Waals surface area contributed by atoms with Gasteiger partial charge < -0.3 is 9.47 Å². The largest absolute Gasteiger partial charge is 0.494 e. The first-order valence-electron chi connectivity index (χ1n) is 9.59. The van der Waals surface area contributed by atoms with Crippen LogP contribution in [0.1, 0.15) is 19.4 Å². The number of nitrogens with zero attached hydrogens (tertiary/aromatic N) is 2. The molecule has 1 atom stereocenters. The number of terminal acetylenes is 1. The first-order valence-corrected chi connectivity index (χ1v) is 10.5. The fourth-order valence-electron chi connectivity index (χ4n) is 2.97. The Morgan fingerprint density at radius 2 is 1.72 bits per heavy atom. The molecule has 1 heterocycles. The lowest BCUT2D eigenvalue weighted by molar-refractivity contribution is -0.126. The molecule has 2 aromatic carbocycles. The molecule has 29 heavy (non-hydrogen) atoms. The summed E-state index contributed by atoms with van der Waals surface area (Å²) in [7, 11) is 0. The molecule has 0 aromatic heterocycles. The topological polar surface area (TPSA) is 51.1 Å². The van der Waals surface area contributed by atoms with Crippen LogP contribution in [0.3, 0.4) is 0 Å². The van der Waals surface area contributed by atoms with Crippen LogP contribution in [0.4, 0.5) is 5.69 Å². The summed E-state index contributed by atoms with van der Waals surface area (Å²) in [5.41, 5.74) is 1.88. The minimum absolute atomic E-state index is 0.0924. The van der Waals surface area contributed by atoms with Crippen LogP contribution >= 0.6 is 11.8 Å². The predicted molar refractivity (Wildman–Crippen MR) is 118 cm³/mol. The molecule has 1 saturated heterocycles. The fraction of sp³-hybridized carbons (Fsp3) is 0.304. The van der Waals surface area contributed by atoms with Crippen LogP contribution in [0.25, 0.3) is 0 Å². The van der Waals surface area contributed by atoms with Crippen LogP contribution in [0.2, 0.25) is 0 Å². The average molecular weight is 409 g/mol. The molecular formula is C23H24N2O3S. The van der Waals surface area contributed by atoms with E-state index in [0.29, 0.717) is 19.6 Å². The molecule has 0 unspecified atom stereocenters. The van der Waals surface area contributed by atoms with E-state index in [1.807, 2.05) is 62.4 Å². The van der Waals surface area contributed by atoms with E-state index in [1.54, 1.807) is 4.90 Å². The van der Waals surface area contributed by atoms with Crippen LogP contribution in [0.15, 0.2) is 53.5 Å². The normalized spacial score (nSPS) is 17.4. The second-order valence-corrected chi connectivity index (χ2v) is 7.52. The van der Waals surface area contributed by atoms with E-state index in [2.05, 4.69) is 5.92 Å². The molecule has 0 spiro atoms. The third-order valence-corrected chi connectivity index (χ3v) is 5.55. The standard InChI is InChI=1S/C23H24N2O3S/c1-4-15-28-20-11-7-17(8-12-20)16-21-22(26)25(5-2)23(29-21)24-18-9-13-19(14-10-18)27-6-3/h1,7-14,21H,5-6,15-16H2,2-3H3/t21-/m1/s1. The number of hydrogen-bond donors (Lipinski definition) is 0. The molecular weight excluding hydrogens is 384 g/mol. The van der Waals surface area contributed by atoms with Crippen molar-refractivity contribution in [1.29, 1.82) is 0 Å². The number of amidine groups is 1. The minimum Gasteiger partial charge on any atom is -0.494 e. The lowest BCUT2D eigenvalue weighted by atomic mass is 10.1. The third kappa shape index (κ3) is 5.33. The Morgan fingerprint density at radius 1 is 1.07 bits per heavy atom. The Labute approximate surface area is 176 Å². The fourth-order valence-corrected chi connectivity index (χ4v) is 4.23. The number of benzene rings is 2. The Bertz CT molecular complexity index is 901. The first-order chi connectivity index (χ1) is 14.1. The van der Waals surface area contributed by atoms with Crippen molar-refractivity contribution in [3.63, 3.8) is 0 Å². The maximum atomic E-state index is 12.8. The van der Waals surface area contributed by atoms with Gasteiger partial charge in [0.15, 0.2) is 5.17 Å². The smallest absolute Gasteiger partial charge is 0.242 e. The van der Waals surface area contributed by atoms with Crippen molar-refractivity contribution in [2.24, 2.45) is 4.99 Å². The second-order valence-electron chi connectivity index (χ2n) is 6.35. The summed E-state index contributed by atoms with van der Waals surface area (Å²) in [6.07, 6.45) is 5.84. The van der Waals surface area contributed by atoms with Gasteiger partial charge in [-0.2, -0.15) is 0 Å². The number of ether oxygens (including phenoxy) is 2. The lowest BCUT2D eigenvalue weighted by Gasteiger charge is -2.13. The summed E-state index contributed by atoms with van der Waals surface area (Å²) in [6.45, 7) is 5.38. The van der Waals surface area contributed by atoms with Gasteiger partial charge in [0.2, 0.25) is 5.91 Å². The van der Waals surface area contributed by atoms with Gasteiger partial charge in [-0.3, -0.25) is 9.69 Å². The highest BCUT2D eigenvalue weighted by Gasteiger charge is 2.37. The zero-order valence-electron chi connectivity index (χ0n) is 16.6. The van der Waals surface area contributed by atoms with E-state index in [9.17, 15) is 4.79 Å². The quantitative estimate of drug-likeness (QED) is 0.612. The van der Waals surface area contributed by atoms with Crippen LogP contribution in [0.5, 0.6) is 11.5 Å². The Balaban J connectivity index is 1.70. The summed E-state index contributed by atoms with van der Waals surface area (Å²) < 4.78 is 10.9. The summed E-state index contributed by atoms with van der Waals surface area (Å²) in [6, 6.07) is 15.3. The molecule has 2 aromatic rings. The van der Waals surface area contributed by atoms with Crippen LogP contribution in [0, 0.1) is 12.3 Å². The molecule has 150 valence electrons. The summed E-state index contributed by atoms with van der Waals surface area (Å²) in [4.78, 5) is 19.3. The Kier molecular flexibility index (Phi) is 7.20. The van der Waals surface area contributed by atoms with Gasteiger partial charge in [-0.1, -0.05) is 29.8 Å². The SMILES string of the molecule is C#CCOc1ccc(C[C@H]2SC(=Nc3ccc(OCC)cc3)N(CC)C2=O)cc1. The number of rotatable bonds is 8. The summed E-state index contributed by atoms with van der Waals surface area (Å²) >= 11 is 1.51. The number of carbonyl (C=O) groups is 1. The molecule has 0 saturated carbocycles. The Hall–Kier alpha value is -2.91. The van der Waals surface area contributed by atoms with Gasteiger partial charge in [-0.25, -0.2) is 4.99 Å². The average Bonchev–Trinajstić information content (AvgIpc) is 3.03. The molecule has 6 heteroatoms. The lowest BCUT2D eigenvalue weighted by Crippen LogP contribution is -2.32. The first kappa shape index (κ1) is 20.8. The van der Waals surface area contributed by atoms with Crippen LogP contribution < -0.4 is 9.47 Å². The van der Waals surface area contributed by atoms with E-state index in [4.69, 9.17) is 20.9 Å². The highest BCUT2D eigenvalue weighted by Crippen LogP contribution is 2.32. The summed E-state index contributed by atoms with van der Waals surface area (Å²) in [5.74, 6) is 4.08. The van der Waals surface area contributed by atoms with E-state index in [0.717, 1.165) is 27.9 Å². The van der Waals surface area contributed by atoms with Crippen LogP contribution in [-0.4, -0.2) is 41.0 Å². The van der Waals surface area contributed by atoms with Gasteiger partial charge in [0.1, 0.15) is 18.1 Å². The van der Waals surface area contributed by atoms with Crippen molar-refractivity contribution < 1.29 is 14.3 Å². The van der Waals surface area contributed by atoms with Crippen molar-refractivity contribution in [3.8, 4) is 23.8 Å². The van der Waals surface area contributed by atoms with Gasteiger partial charge in [0.25, 0.3) is 0 Å². The van der Waals surface area contributed by atoms with Crippen molar-refractivity contribution in [3.05, 3.63) is 54.1 Å². The number of amides is 1. The van der Waals surface area contributed by atoms with Gasteiger partial charge >= 0.3 is 0 Å². The van der Waals surface area contributed by atoms with Crippen LogP contribution in [-0.2, 0) is 11.2 Å². The molecule has 5 nitrogen and oxygen atoms in total. The second kappa shape index (κ2) is 10.0. The highest BCUT2D eigenvalue weighted by molar-refractivity contribution is 8.15. The highest BCUT2D eigenvalue weighted by atomic mass is 32.2. The van der Waals surface area contributed by atoms with Crippen molar-refractivity contribution >= 4 is 28.5 Å². The van der Waals surface area contributed by atoms with Crippen molar-refractivity contribution in [2.75, 3.05) is 19.8 Å². The van der Waals surface area contributed by atoms with Gasteiger partial charge in [-0.05, 0) is 62.2 Å². The van der Waals surface area contributed by atoms with E-state index >= 15 is 0 Å². The monoisotopic (exact) mass is 408 g/mol. The molecule has 1 aliphatic heterocycles. The number of carbonyl (C=O) groups excluding carboxylic acids is 1. The maximum Gasteiger partial charge on any atom is 0.242 e. The number of hydrogen-bond acceptors (Lipinski definition) is 5. The summed E-state index contributed by atoms with van der Waals surface area (Å²) in [5, 5.41) is 0.550. The maximum absolute atomic E-state index is 12.8. The molecule has 0 aliphatic carbocycles. The molecule has 0 N–H and O–H groups in total. The molecule has 1 amide bonds. The third-order valence-electron chi connectivity index (χ3n) is 4.38. The number of thioether (sulfide) groups is 1.